The van der Waals surface area contributed by atoms with Crippen molar-refractivity contribution in [3.05, 3.63) is 58.7 Å². The number of fused-ring (bicyclic) bond motifs is 1. The predicted octanol–water partition coefficient (Wildman–Crippen LogP) is 3.62. The van der Waals surface area contributed by atoms with Gasteiger partial charge < -0.3 is 11.1 Å². The molecule has 0 saturated carbocycles. The molecule has 0 aliphatic carbocycles. The van der Waals surface area contributed by atoms with E-state index in [2.05, 4.69) is 31.2 Å². The van der Waals surface area contributed by atoms with Crippen LogP contribution in [-0.2, 0) is 0 Å². The minimum absolute atomic E-state index is 0.230. The lowest BCUT2D eigenvalue weighted by atomic mass is 10.3. The summed E-state index contributed by atoms with van der Waals surface area (Å²) in [7, 11) is 0. The van der Waals surface area contributed by atoms with Crippen molar-refractivity contribution in [3.8, 4) is 0 Å². The van der Waals surface area contributed by atoms with Crippen LogP contribution in [0.3, 0.4) is 0 Å². The molecule has 25 heavy (non-hydrogen) atoms. The topological polar surface area (TPSA) is 80.9 Å². The van der Waals surface area contributed by atoms with Crippen LogP contribution in [0, 0.1) is 0 Å². The number of amides is 1. The van der Waals surface area contributed by atoms with Gasteiger partial charge in [-0.2, -0.15) is 0 Å². The third-order valence-corrected chi connectivity index (χ3v) is 4.96. The van der Waals surface area contributed by atoms with Crippen LogP contribution in [0.4, 0.5) is 0 Å². The standard InChI is InChI=1S/C18H17BrN4OS/c19-12-6-8-13(9-7-12)25-18-16(17(24)21-11-3-10-20)22-14-4-1-2-5-15(14)23-18/h1-2,4-9H,3,10-11,20H2,(H,21,24). The number of para-hydroxylation sites is 2. The highest BCUT2D eigenvalue weighted by Crippen LogP contribution is 2.30. The number of aromatic nitrogens is 2. The van der Waals surface area contributed by atoms with E-state index in [0.29, 0.717) is 29.3 Å². The van der Waals surface area contributed by atoms with E-state index in [1.807, 2.05) is 48.5 Å². The maximum Gasteiger partial charge on any atom is 0.272 e. The zero-order valence-electron chi connectivity index (χ0n) is 13.4. The third-order valence-electron chi connectivity index (χ3n) is 3.45. The van der Waals surface area contributed by atoms with Crippen molar-refractivity contribution in [1.29, 1.82) is 0 Å². The van der Waals surface area contributed by atoms with Crippen LogP contribution >= 0.6 is 27.7 Å². The van der Waals surface area contributed by atoms with Crippen molar-refractivity contribution < 1.29 is 4.79 Å². The van der Waals surface area contributed by atoms with E-state index in [4.69, 9.17) is 5.73 Å². The summed E-state index contributed by atoms with van der Waals surface area (Å²) in [5.41, 5.74) is 7.29. The van der Waals surface area contributed by atoms with Crippen LogP contribution in [0.5, 0.6) is 0 Å². The zero-order chi connectivity index (χ0) is 17.6. The smallest absolute Gasteiger partial charge is 0.272 e. The van der Waals surface area contributed by atoms with Crippen LogP contribution in [-0.4, -0.2) is 29.0 Å². The van der Waals surface area contributed by atoms with Gasteiger partial charge in [-0.25, -0.2) is 9.97 Å². The van der Waals surface area contributed by atoms with Gasteiger partial charge in [-0.15, -0.1) is 0 Å². The van der Waals surface area contributed by atoms with Crippen LogP contribution in [0.1, 0.15) is 16.9 Å². The first-order valence-electron chi connectivity index (χ1n) is 7.86. The lowest BCUT2D eigenvalue weighted by Crippen LogP contribution is -2.27. The maximum atomic E-state index is 12.6. The van der Waals surface area contributed by atoms with Gasteiger partial charge in [0, 0.05) is 15.9 Å². The molecule has 0 unspecified atom stereocenters. The van der Waals surface area contributed by atoms with Crippen molar-refractivity contribution in [2.45, 2.75) is 16.3 Å². The molecule has 1 aromatic heterocycles. The molecule has 3 rings (SSSR count). The number of rotatable bonds is 6. The third kappa shape index (κ3) is 4.56. The van der Waals surface area contributed by atoms with E-state index in [0.717, 1.165) is 21.3 Å². The fourth-order valence-electron chi connectivity index (χ4n) is 2.20. The van der Waals surface area contributed by atoms with Gasteiger partial charge in [0.15, 0.2) is 5.69 Å². The van der Waals surface area contributed by atoms with Crippen LogP contribution in [0.25, 0.3) is 11.0 Å². The Bertz CT molecular complexity index is 886. The summed E-state index contributed by atoms with van der Waals surface area (Å²) in [5.74, 6) is -0.230. The summed E-state index contributed by atoms with van der Waals surface area (Å²) < 4.78 is 1.00. The number of nitrogens with zero attached hydrogens (tertiary/aromatic N) is 2. The average Bonchev–Trinajstić information content (AvgIpc) is 2.63. The molecule has 1 heterocycles. The molecule has 5 nitrogen and oxygen atoms in total. The second kappa shape index (κ2) is 8.42. The number of hydrogen-bond acceptors (Lipinski definition) is 5. The summed E-state index contributed by atoms with van der Waals surface area (Å²) in [5, 5.41) is 3.45. The van der Waals surface area contributed by atoms with Crippen molar-refractivity contribution in [2.24, 2.45) is 5.73 Å². The molecule has 0 radical (unpaired) electrons. The minimum Gasteiger partial charge on any atom is -0.351 e. The first kappa shape index (κ1) is 17.8. The van der Waals surface area contributed by atoms with Gasteiger partial charge in [0.05, 0.1) is 11.0 Å². The van der Waals surface area contributed by atoms with Crippen LogP contribution in [0.15, 0.2) is 62.9 Å². The molecule has 0 fully saturated rings. The Morgan fingerprint density at radius 2 is 1.76 bits per heavy atom. The van der Waals surface area contributed by atoms with Gasteiger partial charge in [0.2, 0.25) is 0 Å². The Morgan fingerprint density at radius 3 is 2.44 bits per heavy atom. The summed E-state index contributed by atoms with van der Waals surface area (Å²) in [6, 6.07) is 15.4. The second-order valence-corrected chi connectivity index (χ2v) is 7.30. The van der Waals surface area contributed by atoms with Crippen molar-refractivity contribution in [3.63, 3.8) is 0 Å². The number of carbonyl (C=O) groups is 1. The van der Waals surface area contributed by atoms with E-state index in [-0.39, 0.29) is 5.91 Å². The van der Waals surface area contributed by atoms with E-state index >= 15 is 0 Å². The van der Waals surface area contributed by atoms with E-state index in [1.165, 1.54) is 11.8 Å². The van der Waals surface area contributed by atoms with E-state index in [1.54, 1.807) is 0 Å². The van der Waals surface area contributed by atoms with Crippen molar-refractivity contribution in [2.75, 3.05) is 13.1 Å². The number of nitrogens with one attached hydrogen (secondary N) is 1. The maximum absolute atomic E-state index is 12.6. The molecule has 2 aromatic carbocycles. The Morgan fingerprint density at radius 1 is 1.08 bits per heavy atom. The lowest BCUT2D eigenvalue weighted by molar-refractivity contribution is 0.0945. The van der Waals surface area contributed by atoms with Gasteiger partial charge in [-0.05, 0) is 49.4 Å². The van der Waals surface area contributed by atoms with Gasteiger partial charge >= 0.3 is 0 Å². The Labute approximate surface area is 158 Å². The van der Waals surface area contributed by atoms with E-state index in [9.17, 15) is 4.79 Å². The highest BCUT2D eigenvalue weighted by molar-refractivity contribution is 9.10. The molecule has 0 aliphatic rings. The molecule has 0 aliphatic heterocycles. The Kier molecular flexibility index (Phi) is 6.01. The second-order valence-electron chi connectivity index (χ2n) is 5.32. The Balaban J connectivity index is 1.96. The fourth-order valence-corrected chi connectivity index (χ4v) is 3.34. The molecular weight excluding hydrogens is 400 g/mol. The van der Waals surface area contributed by atoms with Gasteiger partial charge in [0.1, 0.15) is 5.03 Å². The predicted molar refractivity (Wildman–Crippen MR) is 104 cm³/mol. The molecular formula is C18H17BrN4OS. The number of halogens is 1. The molecule has 128 valence electrons. The van der Waals surface area contributed by atoms with Gasteiger partial charge in [0.25, 0.3) is 5.91 Å². The zero-order valence-corrected chi connectivity index (χ0v) is 15.8. The normalized spacial score (nSPS) is 10.8. The van der Waals surface area contributed by atoms with Crippen LogP contribution < -0.4 is 11.1 Å². The van der Waals surface area contributed by atoms with Crippen molar-refractivity contribution >= 4 is 44.6 Å². The van der Waals surface area contributed by atoms with Gasteiger partial charge in [-0.3, -0.25) is 4.79 Å². The van der Waals surface area contributed by atoms with E-state index < -0.39 is 0 Å². The summed E-state index contributed by atoms with van der Waals surface area (Å²) in [6.07, 6.45) is 0.724. The molecule has 1 amide bonds. The average molecular weight is 417 g/mol. The summed E-state index contributed by atoms with van der Waals surface area (Å²) >= 11 is 4.85. The number of carbonyl (C=O) groups excluding carboxylic acids is 1. The molecule has 3 aromatic rings. The first-order chi connectivity index (χ1) is 12.2. The molecule has 0 spiro atoms. The van der Waals surface area contributed by atoms with Crippen molar-refractivity contribution in [1.82, 2.24) is 15.3 Å². The number of benzene rings is 2. The highest BCUT2D eigenvalue weighted by atomic mass is 79.9. The number of hydrogen-bond donors (Lipinski definition) is 2. The fraction of sp³-hybridized carbons (Fsp3) is 0.167. The summed E-state index contributed by atoms with van der Waals surface area (Å²) in [4.78, 5) is 22.7. The lowest BCUT2D eigenvalue weighted by Gasteiger charge is -2.10. The highest BCUT2D eigenvalue weighted by Gasteiger charge is 2.17. The van der Waals surface area contributed by atoms with Crippen LogP contribution in [0.2, 0.25) is 0 Å². The molecule has 0 saturated heterocycles. The quantitative estimate of drug-likeness (QED) is 0.599. The largest absolute Gasteiger partial charge is 0.351 e. The molecule has 7 heteroatoms. The molecule has 0 atom stereocenters. The first-order valence-corrected chi connectivity index (χ1v) is 9.47. The monoisotopic (exact) mass is 416 g/mol. The molecule has 3 N–H and O–H groups in total. The Hall–Kier alpha value is -1.96. The molecule has 0 bridgehead atoms. The number of nitrogens with two attached hydrogens (primary N) is 1. The van der Waals surface area contributed by atoms with Gasteiger partial charge in [-0.1, -0.05) is 39.8 Å². The summed E-state index contributed by atoms with van der Waals surface area (Å²) in [6.45, 7) is 1.05. The SMILES string of the molecule is NCCCNC(=O)c1nc2ccccc2nc1Sc1ccc(Br)cc1. The minimum atomic E-state index is -0.230.